The average Bonchev–Trinajstić information content (AvgIpc) is 3.13. The van der Waals surface area contributed by atoms with Crippen molar-refractivity contribution < 1.29 is 9.18 Å². The molecule has 1 amide bonds. The Hall–Kier alpha value is -3.48. The van der Waals surface area contributed by atoms with E-state index in [2.05, 4.69) is 10.3 Å². The van der Waals surface area contributed by atoms with Gasteiger partial charge in [0.05, 0.1) is 22.9 Å². The third-order valence-electron chi connectivity index (χ3n) is 4.46. The smallest absolute Gasteiger partial charge is 0.275 e. The Labute approximate surface area is 153 Å². The first-order valence-electron chi connectivity index (χ1n) is 8.54. The van der Waals surface area contributed by atoms with Crippen LogP contribution in [-0.4, -0.2) is 19.9 Å². The standard InChI is InChI=1S/C20H17FN4O2/c1-13-4-6-15(12-22-13)23-19(26)8-10-25-18-11-14(21)5-7-16(18)24-9-2-3-17(24)20(25)27/h2-7,9,11-12H,8,10H2,1H3,(H,23,26). The normalized spacial score (nSPS) is 11.2. The van der Waals surface area contributed by atoms with Crippen molar-refractivity contribution in [2.24, 2.45) is 0 Å². The van der Waals surface area contributed by atoms with Crippen LogP contribution >= 0.6 is 0 Å². The fraction of sp³-hybridized carbons (Fsp3) is 0.150. The predicted molar refractivity (Wildman–Crippen MR) is 101 cm³/mol. The molecule has 136 valence electrons. The third kappa shape index (κ3) is 3.19. The molecule has 3 aromatic heterocycles. The van der Waals surface area contributed by atoms with Gasteiger partial charge in [0.1, 0.15) is 11.3 Å². The number of hydrogen-bond donors (Lipinski definition) is 1. The predicted octanol–water partition coefficient (Wildman–Crippen LogP) is 3.13. The Morgan fingerprint density at radius 2 is 2.00 bits per heavy atom. The van der Waals surface area contributed by atoms with Gasteiger partial charge in [-0.25, -0.2) is 4.39 Å². The van der Waals surface area contributed by atoms with Crippen molar-refractivity contribution >= 4 is 28.1 Å². The number of carbonyl (C=O) groups is 1. The molecule has 0 spiro atoms. The molecular weight excluding hydrogens is 347 g/mol. The van der Waals surface area contributed by atoms with Crippen molar-refractivity contribution in [3.05, 3.63) is 76.7 Å². The second kappa shape index (κ2) is 6.68. The number of fused-ring (bicyclic) bond motifs is 3. The van der Waals surface area contributed by atoms with E-state index in [-0.39, 0.29) is 24.4 Å². The first kappa shape index (κ1) is 17.0. The highest BCUT2D eigenvalue weighted by molar-refractivity contribution is 5.90. The molecule has 0 radical (unpaired) electrons. The first-order valence-corrected chi connectivity index (χ1v) is 8.54. The molecule has 0 unspecified atom stereocenters. The molecule has 7 heteroatoms. The number of carbonyl (C=O) groups excluding carboxylic acids is 1. The van der Waals surface area contributed by atoms with Gasteiger partial charge >= 0.3 is 0 Å². The maximum absolute atomic E-state index is 13.8. The van der Waals surface area contributed by atoms with Crippen molar-refractivity contribution in [2.75, 3.05) is 5.32 Å². The van der Waals surface area contributed by atoms with Gasteiger partial charge in [-0.3, -0.25) is 14.6 Å². The quantitative estimate of drug-likeness (QED) is 0.605. The molecule has 0 saturated carbocycles. The largest absolute Gasteiger partial charge is 0.325 e. The minimum absolute atomic E-state index is 0.0796. The number of rotatable bonds is 4. The van der Waals surface area contributed by atoms with E-state index in [0.29, 0.717) is 22.2 Å². The van der Waals surface area contributed by atoms with Crippen molar-refractivity contribution in [1.29, 1.82) is 0 Å². The second-order valence-corrected chi connectivity index (χ2v) is 6.34. The van der Waals surface area contributed by atoms with E-state index < -0.39 is 5.82 Å². The SMILES string of the molecule is Cc1ccc(NC(=O)CCn2c(=O)c3cccn3c3ccc(F)cc32)cn1. The highest BCUT2D eigenvalue weighted by atomic mass is 19.1. The summed E-state index contributed by atoms with van der Waals surface area (Å²) in [4.78, 5) is 29.2. The van der Waals surface area contributed by atoms with Gasteiger partial charge in [-0.05, 0) is 49.4 Å². The molecule has 6 nitrogen and oxygen atoms in total. The highest BCUT2D eigenvalue weighted by Gasteiger charge is 2.13. The van der Waals surface area contributed by atoms with E-state index in [0.717, 1.165) is 5.69 Å². The van der Waals surface area contributed by atoms with Crippen LogP contribution in [0, 0.1) is 12.7 Å². The summed E-state index contributed by atoms with van der Waals surface area (Å²) in [7, 11) is 0. The Bertz CT molecular complexity index is 1210. The summed E-state index contributed by atoms with van der Waals surface area (Å²) in [5, 5.41) is 2.75. The number of halogens is 1. The summed E-state index contributed by atoms with van der Waals surface area (Å²) < 4.78 is 17.0. The minimum Gasteiger partial charge on any atom is -0.325 e. The number of benzene rings is 1. The van der Waals surface area contributed by atoms with E-state index in [1.54, 1.807) is 47.1 Å². The second-order valence-electron chi connectivity index (χ2n) is 6.34. The molecule has 0 aliphatic rings. The number of pyridine rings is 1. The van der Waals surface area contributed by atoms with Crippen molar-refractivity contribution in [2.45, 2.75) is 19.9 Å². The lowest BCUT2D eigenvalue weighted by Crippen LogP contribution is -2.25. The van der Waals surface area contributed by atoms with Gasteiger partial charge in [-0.2, -0.15) is 0 Å². The maximum atomic E-state index is 13.8. The van der Waals surface area contributed by atoms with E-state index >= 15 is 0 Å². The Kier molecular flexibility index (Phi) is 4.19. The Balaban J connectivity index is 1.65. The van der Waals surface area contributed by atoms with Gasteiger partial charge in [0.15, 0.2) is 0 Å². The Morgan fingerprint density at radius 3 is 2.78 bits per heavy atom. The van der Waals surface area contributed by atoms with Crippen LogP contribution in [0.1, 0.15) is 12.1 Å². The summed E-state index contributed by atoms with van der Waals surface area (Å²) in [5.74, 6) is -0.676. The summed E-state index contributed by atoms with van der Waals surface area (Å²) in [6, 6.07) is 11.3. The molecule has 0 aliphatic carbocycles. The zero-order valence-corrected chi connectivity index (χ0v) is 14.6. The van der Waals surface area contributed by atoms with Crippen LogP contribution in [0.5, 0.6) is 0 Å². The molecule has 0 aliphatic heterocycles. The minimum atomic E-state index is -0.433. The summed E-state index contributed by atoms with van der Waals surface area (Å²) in [6.07, 6.45) is 3.42. The van der Waals surface area contributed by atoms with Crippen LogP contribution in [0.2, 0.25) is 0 Å². The van der Waals surface area contributed by atoms with E-state index in [9.17, 15) is 14.0 Å². The lowest BCUT2D eigenvalue weighted by atomic mass is 10.2. The number of hydrogen-bond acceptors (Lipinski definition) is 3. The number of nitrogens with zero attached hydrogens (tertiary/aromatic N) is 3. The van der Waals surface area contributed by atoms with Crippen LogP contribution in [0.3, 0.4) is 0 Å². The zero-order valence-electron chi connectivity index (χ0n) is 14.6. The van der Waals surface area contributed by atoms with Gasteiger partial charge in [-0.15, -0.1) is 0 Å². The highest BCUT2D eigenvalue weighted by Crippen LogP contribution is 2.17. The van der Waals surface area contributed by atoms with Crippen LogP contribution in [-0.2, 0) is 11.3 Å². The van der Waals surface area contributed by atoms with Crippen LogP contribution in [0.15, 0.2) is 59.7 Å². The van der Waals surface area contributed by atoms with E-state index in [1.807, 2.05) is 6.92 Å². The summed E-state index contributed by atoms with van der Waals surface area (Å²) in [6.45, 7) is 2.01. The molecule has 0 bridgehead atoms. The van der Waals surface area contributed by atoms with Crippen molar-refractivity contribution in [3.63, 3.8) is 0 Å². The third-order valence-corrected chi connectivity index (χ3v) is 4.46. The summed E-state index contributed by atoms with van der Waals surface area (Å²) >= 11 is 0. The fourth-order valence-corrected chi connectivity index (χ4v) is 3.13. The van der Waals surface area contributed by atoms with Crippen LogP contribution in [0.25, 0.3) is 16.6 Å². The van der Waals surface area contributed by atoms with Gasteiger partial charge < -0.3 is 14.3 Å². The van der Waals surface area contributed by atoms with Crippen LogP contribution in [0.4, 0.5) is 10.1 Å². The molecular formula is C20H17FN4O2. The molecule has 4 rings (SSSR count). The topological polar surface area (TPSA) is 68.4 Å². The van der Waals surface area contributed by atoms with E-state index in [4.69, 9.17) is 0 Å². The molecule has 0 atom stereocenters. The monoisotopic (exact) mass is 364 g/mol. The number of amides is 1. The lowest BCUT2D eigenvalue weighted by Gasteiger charge is -2.13. The lowest BCUT2D eigenvalue weighted by molar-refractivity contribution is -0.116. The average molecular weight is 364 g/mol. The van der Waals surface area contributed by atoms with Gasteiger partial charge in [0.25, 0.3) is 5.56 Å². The molecule has 1 aromatic carbocycles. The summed E-state index contributed by atoms with van der Waals surface area (Å²) in [5.41, 5.74) is 2.83. The molecule has 27 heavy (non-hydrogen) atoms. The van der Waals surface area contributed by atoms with Gasteiger partial charge in [0, 0.05) is 24.9 Å². The zero-order chi connectivity index (χ0) is 19.0. The van der Waals surface area contributed by atoms with Crippen molar-refractivity contribution in [3.8, 4) is 0 Å². The van der Waals surface area contributed by atoms with E-state index in [1.165, 1.54) is 16.7 Å². The number of aryl methyl sites for hydroxylation is 2. The maximum Gasteiger partial charge on any atom is 0.275 e. The molecule has 0 saturated heterocycles. The molecule has 0 fully saturated rings. The molecule has 1 N–H and O–H groups in total. The van der Waals surface area contributed by atoms with Crippen molar-refractivity contribution in [1.82, 2.24) is 14.0 Å². The fourth-order valence-electron chi connectivity index (χ4n) is 3.13. The van der Waals surface area contributed by atoms with Gasteiger partial charge in [-0.1, -0.05) is 0 Å². The number of nitrogens with one attached hydrogen (secondary N) is 1. The van der Waals surface area contributed by atoms with Gasteiger partial charge in [0.2, 0.25) is 5.91 Å². The Morgan fingerprint density at radius 1 is 1.15 bits per heavy atom. The first-order chi connectivity index (χ1) is 13.0. The number of anilines is 1. The number of aromatic nitrogens is 3. The van der Waals surface area contributed by atoms with Crippen LogP contribution < -0.4 is 10.9 Å². The molecule has 3 heterocycles. The molecule has 4 aromatic rings.